The highest BCUT2D eigenvalue weighted by Crippen LogP contribution is 2.36. The number of halogens is 2. The highest BCUT2D eigenvalue weighted by molar-refractivity contribution is 6.07. The Bertz CT molecular complexity index is 1120. The second kappa shape index (κ2) is 9.80. The summed E-state index contributed by atoms with van der Waals surface area (Å²) in [5.74, 6) is -1.60. The van der Waals surface area contributed by atoms with E-state index in [2.05, 4.69) is 25.6 Å². The number of hydrogen-bond acceptors (Lipinski definition) is 5. The van der Waals surface area contributed by atoms with E-state index in [1.54, 1.807) is 12.4 Å². The third-order valence-electron chi connectivity index (χ3n) is 5.73. The van der Waals surface area contributed by atoms with Gasteiger partial charge in [0.1, 0.15) is 5.69 Å². The molecule has 0 atom stereocenters. The molecule has 0 unspecified atom stereocenters. The number of carbonyl (C=O) groups excluding carboxylic acids is 1. The van der Waals surface area contributed by atoms with Crippen molar-refractivity contribution in [3.63, 3.8) is 0 Å². The fraction of sp³-hybridized carbons (Fsp3) is 0.333. The SMILES string of the molecule is CCNc1cc(F)c(-c2ccncc2F)nc1C(=O)Nc1cnccc1C1CCCCC1. The first-order valence-corrected chi connectivity index (χ1v) is 10.9. The van der Waals surface area contributed by atoms with Gasteiger partial charge in [0.15, 0.2) is 17.3 Å². The van der Waals surface area contributed by atoms with Gasteiger partial charge in [-0.3, -0.25) is 14.8 Å². The Balaban J connectivity index is 1.71. The summed E-state index contributed by atoms with van der Waals surface area (Å²) >= 11 is 0. The number of carbonyl (C=O) groups is 1. The van der Waals surface area contributed by atoms with Crippen LogP contribution in [-0.4, -0.2) is 27.4 Å². The Morgan fingerprint density at radius 1 is 1.03 bits per heavy atom. The maximum atomic E-state index is 14.8. The molecule has 3 aromatic rings. The molecule has 8 heteroatoms. The van der Waals surface area contributed by atoms with Crippen LogP contribution < -0.4 is 10.6 Å². The van der Waals surface area contributed by atoms with Gasteiger partial charge >= 0.3 is 0 Å². The summed E-state index contributed by atoms with van der Waals surface area (Å²) in [6.07, 6.45) is 11.4. The fourth-order valence-corrected chi connectivity index (χ4v) is 4.20. The van der Waals surface area contributed by atoms with Crippen LogP contribution in [0.15, 0.2) is 43.0 Å². The van der Waals surface area contributed by atoms with Crippen LogP contribution in [-0.2, 0) is 0 Å². The molecule has 0 radical (unpaired) electrons. The van der Waals surface area contributed by atoms with Gasteiger partial charge in [0, 0.05) is 30.6 Å². The molecule has 0 saturated heterocycles. The van der Waals surface area contributed by atoms with Crippen molar-refractivity contribution >= 4 is 17.3 Å². The predicted molar refractivity (Wildman–Crippen MR) is 120 cm³/mol. The lowest BCUT2D eigenvalue weighted by molar-refractivity contribution is 0.102. The maximum absolute atomic E-state index is 14.8. The molecule has 3 heterocycles. The molecule has 0 spiro atoms. The van der Waals surface area contributed by atoms with E-state index < -0.39 is 17.5 Å². The number of hydrogen-bond donors (Lipinski definition) is 2. The zero-order valence-corrected chi connectivity index (χ0v) is 17.9. The Hall–Kier alpha value is -3.42. The lowest BCUT2D eigenvalue weighted by Gasteiger charge is -2.24. The summed E-state index contributed by atoms with van der Waals surface area (Å²) in [6, 6.07) is 4.44. The van der Waals surface area contributed by atoms with Crippen LogP contribution in [0.4, 0.5) is 20.2 Å². The predicted octanol–water partition coefficient (Wildman–Crippen LogP) is 5.55. The van der Waals surface area contributed by atoms with Gasteiger partial charge < -0.3 is 10.6 Å². The van der Waals surface area contributed by atoms with E-state index in [9.17, 15) is 13.6 Å². The van der Waals surface area contributed by atoms with Crippen LogP contribution in [0.5, 0.6) is 0 Å². The average Bonchev–Trinajstić information content (AvgIpc) is 2.81. The summed E-state index contributed by atoms with van der Waals surface area (Å²) in [5.41, 5.74) is 1.59. The molecule has 4 rings (SSSR count). The van der Waals surface area contributed by atoms with Gasteiger partial charge in [0.2, 0.25) is 0 Å². The Kier molecular flexibility index (Phi) is 6.68. The third kappa shape index (κ3) is 4.59. The summed E-state index contributed by atoms with van der Waals surface area (Å²) in [7, 11) is 0. The van der Waals surface area contributed by atoms with E-state index in [0.717, 1.165) is 37.4 Å². The summed E-state index contributed by atoms with van der Waals surface area (Å²) in [6.45, 7) is 2.29. The molecule has 1 saturated carbocycles. The zero-order chi connectivity index (χ0) is 22.5. The molecule has 166 valence electrons. The summed E-state index contributed by atoms with van der Waals surface area (Å²) < 4.78 is 29.0. The molecule has 0 aromatic carbocycles. The van der Waals surface area contributed by atoms with Gasteiger partial charge in [0.05, 0.1) is 23.8 Å². The second-order valence-electron chi connectivity index (χ2n) is 7.85. The molecule has 6 nitrogen and oxygen atoms in total. The van der Waals surface area contributed by atoms with E-state index >= 15 is 0 Å². The standard InChI is InChI=1S/C24H25F2N5O/c1-2-29-20-12-18(25)22(17-9-11-27-13-19(17)26)31-23(20)24(32)30-21-14-28-10-8-16(21)15-6-4-3-5-7-15/h8-15,29H,2-7H2,1H3,(H,30,32). The fourth-order valence-electron chi connectivity index (χ4n) is 4.20. The number of nitrogens with one attached hydrogen (secondary N) is 2. The number of anilines is 2. The van der Waals surface area contributed by atoms with E-state index in [1.165, 1.54) is 24.8 Å². The number of rotatable bonds is 6. The van der Waals surface area contributed by atoms with Crippen LogP contribution in [0, 0.1) is 11.6 Å². The molecule has 1 aliphatic carbocycles. The lowest BCUT2D eigenvalue weighted by atomic mass is 9.84. The molecule has 32 heavy (non-hydrogen) atoms. The Morgan fingerprint density at radius 2 is 1.78 bits per heavy atom. The second-order valence-corrected chi connectivity index (χ2v) is 7.85. The minimum atomic E-state index is -0.730. The molecule has 1 aliphatic rings. The van der Waals surface area contributed by atoms with Crippen LogP contribution in [0.1, 0.15) is 61.0 Å². The molecule has 1 fully saturated rings. The minimum absolute atomic E-state index is 0.0158. The van der Waals surface area contributed by atoms with Crippen molar-refractivity contribution < 1.29 is 13.6 Å². The van der Waals surface area contributed by atoms with Crippen molar-refractivity contribution in [2.75, 3.05) is 17.2 Å². The highest BCUT2D eigenvalue weighted by Gasteiger charge is 2.23. The highest BCUT2D eigenvalue weighted by atomic mass is 19.1. The summed E-state index contributed by atoms with van der Waals surface area (Å²) in [5, 5.41) is 5.87. The Labute approximate surface area is 185 Å². The first-order chi connectivity index (χ1) is 15.6. The number of nitrogens with zero attached hydrogens (tertiary/aromatic N) is 3. The van der Waals surface area contributed by atoms with E-state index in [4.69, 9.17) is 0 Å². The van der Waals surface area contributed by atoms with Crippen LogP contribution in [0.25, 0.3) is 11.3 Å². The Morgan fingerprint density at radius 3 is 2.53 bits per heavy atom. The first-order valence-electron chi connectivity index (χ1n) is 10.9. The lowest BCUT2D eigenvalue weighted by Crippen LogP contribution is -2.19. The van der Waals surface area contributed by atoms with Crippen molar-refractivity contribution in [3.05, 3.63) is 65.9 Å². The minimum Gasteiger partial charge on any atom is -0.383 e. The number of aromatic nitrogens is 3. The number of amides is 1. The van der Waals surface area contributed by atoms with Gasteiger partial charge in [-0.05, 0) is 43.4 Å². The van der Waals surface area contributed by atoms with Gasteiger partial charge in [-0.15, -0.1) is 0 Å². The van der Waals surface area contributed by atoms with Crippen molar-refractivity contribution in [1.29, 1.82) is 0 Å². The normalized spacial score (nSPS) is 14.2. The van der Waals surface area contributed by atoms with Crippen LogP contribution in [0.3, 0.4) is 0 Å². The third-order valence-corrected chi connectivity index (χ3v) is 5.73. The van der Waals surface area contributed by atoms with E-state index in [1.807, 2.05) is 13.0 Å². The van der Waals surface area contributed by atoms with Gasteiger partial charge in [-0.2, -0.15) is 0 Å². The molecule has 2 N–H and O–H groups in total. The topological polar surface area (TPSA) is 79.8 Å². The molecule has 0 aliphatic heterocycles. The van der Waals surface area contributed by atoms with Crippen LogP contribution >= 0.6 is 0 Å². The quantitative estimate of drug-likeness (QED) is 0.529. The molecule has 0 bridgehead atoms. The maximum Gasteiger partial charge on any atom is 0.276 e. The molecular formula is C24H25F2N5O. The largest absolute Gasteiger partial charge is 0.383 e. The smallest absolute Gasteiger partial charge is 0.276 e. The van der Waals surface area contributed by atoms with Crippen LogP contribution in [0.2, 0.25) is 0 Å². The van der Waals surface area contributed by atoms with Gasteiger partial charge in [-0.25, -0.2) is 13.8 Å². The van der Waals surface area contributed by atoms with Gasteiger partial charge in [0.25, 0.3) is 5.91 Å². The first kappa shape index (κ1) is 21.8. The molecular weight excluding hydrogens is 412 g/mol. The average molecular weight is 437 g/mol. The molecule has 1 amide bonds. The monoisotopic (exact) mass is 437 g/mol. The molecule has 3 aromatic heterocycles. The number of pyridine rings is 3. The van der Waals surface area contributed by atoms with Crippen molar-refractivity contribution in [2.45, 2.75) is 44.9 Å². The summed E-state index contributed by atoms with van der Waals surface area (Å²) in [4.78, 5) is 25.3. The van der Waals surface area contributed by atoms with E-state index in [-0.39, 0.29) is 22.6 Å². The van der Waals surface area contributed by atoms with Crippen molar-refractivity contribution in [2.24, 2.45) is 0 Å². The van der Waals surface area contributed by atoms with E-state index in [0.29, 0.717) is 18.2 Å². The zero-order valence-electron chi connectivity index (χ0n) is 17.9. The van der Waals surface area contributed by atoms with Crippen molar-refractivity contribution in [3.8, 4) is 11.3 Å². The van der Waals surface area contributed by atoms with Crippen molar-refractivity contribution in [1.82, 2.24) is 15.0 Å². The van der Waals surface area contributed by atoms with Gasteiger partial charge in [-0.1, -0.05) is 19.3 Å².